The van der Waals surface area contributed by atoms with E-state index in [1.807, 2.05) is 0 Å². The van der Waals surface area contributed by atoms with Crippen LogP contribution in [0.25, 0.3) is 0 Å². The van der Waals surface area contributed by atoms with Crippen molar-refractivity contribution in [3.8, 4) is 0 Å². The Morgan fingerprint density at radius 2 is 2.00 bits per heavy atom. The van der Waals surface area contributed by atoms with Gasteiger partial charge in [0.2, 0.25) is 0 Å². The molecule has 0 aliphatic carbocycles. The topological polar surface area (TPSA) is 87.3 Å². The lowest BCUT2D eigenvalue weighted by atomic mass is 10.2. The number of urea groups is 1. The van der Waals surface area contributed by atoms with Crippen molar-refractivity contribution in [3.63, 3.8) is 0 Å². The van der Waals surface area contributed by atoms with E-state index in [0.717, 1.165) is 18.2 Å². The van der Waals surface area contributed by atoms with Crippen LogP contribution < -0.4 is 16.0 Å². The van der Waals surface area contributed by atoms with Gasteiger partial charge in [0, 0.05) is 12.1 Å². The summed E-state index contributed by atoms with van der Waals surface area (Å²) in [6.07, 6.45) is 0.201. The molecule has 1 unspecified atom stereocenters. The summed E-state index contributed by atoms with van der Waals surface area (Å²) in [4.78, 5) is 33.7. The highest BCUT2D eigenvalue weighted by Gasteiger charge is 2.28. The van der Waals surface area contributed by atoms with E-state index < -0.39 is 35.5 Å². The second kappa shape index (κ2) is 5.64. The van der Waals surface area contributed by atoms with E-state index in [2.05, 4.69) is 16.0 Å². The molecule has 0 radical (unpaired) electrons. The first kappa shape index (κ1) is 13.9. The lowest BCUT2D eigenvalue weighted by Gasteiger charge is -2.08. The van der Waals surface area contributed by atoms with E-state index in [1.165, 1.54) is 0 Å². The molecule has 1 aromatic carbocycles. The summed E-state index contributed by atoms with van der Waals surface area (Å²) in [7, 11) is 0. The summed E-state index contributed by atoms with van der Waals surface area (Å²) in [5.74, 6) is -3.20. The zero-order valence-electron chi connectivity index (χ0n) is 10.2. The third-order valence-corrected chi connectivity index (χ3v) is 2.76. The number of imide groups is 1. The van der Waals surface area contributed by atoms with Gasteiger partial charge in [0.05, 0.1) is 0 Å². The highest BCUT2D eigenvalue weighted by atomic mass is 19.2. The summed E-state index contributed by atoms with van der Waals surface area (Å²) in [5, 5.41) is 6.88. The molecule has 20 heavy (non-hydrogen) atoms. The van der Waals surface area contributed by atoms with Gasteiger partial charge in [-0.1, -0.05) is 0 Å². The maximum atomic E-state index is 12.9. The summed E-state index contributed by atoms with van der Waals surface area (Å²) in [6, 6.07) is 1.51. The van der Waals surface area contributed by atoms with Crippen LogP contribution >= 0.6 is 0 Å². The third-order valence-electron chi connectivity index (χ3n) is 2.76. The standard InChI is InChI=1S/C12H11F2N3O3/c13-7-2-1-6(5-8(7)14)10(18)15-4-3-9-11(19)17-12(20)16-9/h1-2,5,9H,3-4H2,(H,15,18)(H2,16,17,19,20). The number of hydrogen-bond acceptors (Lipinski definition) is 3. The molecular weight excluding hydrogens is 272 g/mol. The average molecular weight is 283 g/mol. The van der Waals surface area contributed by atoms with Crippen LogP contribution in [0.3, 0.4) is 0 Å². The van der Waals surface area contributed by atoms with Gasteiger partial charge in [0.15, 0.2) is 11.6 Å². The van der Waals surface area contributed by atoms with Crippen LogP contribution in [0.5, 0.6) is 0 Å². The van der Waals surface area contributed by atoms with Gasteiger partial charge in [-0.05, 0) is 24.6 Å². The molecule has 1 aromatic rings. The number of rotatable bonds is 4. The number of halogens is 2. The van der Waals surface area contributed by atoms with Gasteiger partial charge < -0.3 is 10.6 Å². The molecule has 106 valence electrons. The van der Waals surface area contributed by atoms with Crippen molar-refractivity contribution in [2.75, 3.05) is 6.54 Å². The number of carbonyl (C=O) groups is 3. The van der Waals surface area contributed by atoms with E-state index in [0.29, 0.717) is 0 Å². The van der Waals surface area contributed by atoms with Crippen molar-refractivity contribution in [2.24, 2.45) is 0 Å². The first-order valence-corrected chi connectivity index (χ1v) is 5.82. The minimum absolute atomic E-state index is 0.0243. The summed E-state index contributed by atoms with van der Waals surface area (Å²) < 4.78 is 25.7. The fraction of sp³-hybridized carbons (Fsp3) is 0.250. The Morgan fingerprint density at radius 3 is 2.60 bits per heavy atom. The number of nitrogens with one attached hydrogen (secondary N) is 3. The van der Waals surface area contributed by atoms with Gasteiger partial charge in [-0.15, -0.1) is 0 Å². The summed E-state index contributed by atoms with van der Waals surface area (Å²) in [5.41, 5.74) is -0.0243. The molecule has 1 saturated heterocycles. The Morgan fingerprint density at radius 1 is 1.25 bits per heavy atom. The molecular formula is C12H11F2N3O3. The Bertz CT molecular complexity index is 577. The predicted octanol–water partition coefficient (Wildman–Crippen LogP) is 0.293. The molecule has 1 aliphatic rings. The highest BCUT2D eigenvalue weighted by molar-refractivity contribution is 6.04. The van der Waals surface area contributed by atoms with Gasteiger partial charge >= 0.3 is 6.03 Å². The molecule has 6 nitrogen and oxygen atoms in total. The van der Waals surface area contributed by atoms with E-state index in [4.69, 9.17) is 0 Å². The molecule has 1 atom stereocenters. The number of hydrogen-bond donors (Lipinski definition) is 3. The number of benzene rings is 1. The van der Waals surface area contributed by atoms with Crippen LogP contribution in [0.1, 0.15) is 16.8 Å². The molecule has 2 rings (SSSR count). The van der Waals surface area contributed by atoms with Gasteiger partial charge in [-0.25, -0.2) is 13.6 Å². The lowest BCUT2D eigenvalue weighted by molar-refractivity contribution is -0.120. The van der Waals surface area contributed by atoms with Crippen molar-refractivity contribution < 1.29 is 23.2 Å². The normalized spacial score (nSPS) is 17.6. The van der Waals surface area contributed by atoms with Crippen molar-refractivity contribution in [1.29, 1.82) is 0 Å². The maximum Gasteiger partial charge on any atom is 0.322 e. The maximum absolute atomic E-state index is 12.9. The molecule has 0 aromatic heterocycles. The molecule has 1 aliphatic heterocycles. The van der Waals surface area contributed by atoms with E-state index in [1.54, 1.807) is 0 Å². The second-order valence-corrected chi connectivity index (χ2v) is 4.19. The van der Waals surface area contributed by atoms with E-state index in [9.17, 15) is 23.2 Å². The van der Waals surface area contributed by atoms with Crippen LogP contribution in [0.15, 0.2) is 18.2 Å². The predicted molar refractivity (Wildman–Crippen MR) is 63.8 cm³/mol. The Hall–Kier alpha value is -2.51. The summed E-state index contributed by atoms with van der Waals surface area (Å²) >= 11 is 0. The summed E-state index contributed by atoms with van der Waals surface area (Å²) in [6.45, 7) is 0.107. The van der Waals surface area contributed by atoms with Crippen molar-refractivity contribution in [2.45, 2.75) is 12.5 Å². The SMILES string of the molecule is O=C1NC(=O)C(CCNC(=O)c2ccc(F)c(F)c2)N1. The van der Waals surface area contributed by atoms with Gasteiger partial charge in [-0.2, -0.15) is 0 Å². The van der Waals surface area contributed by atoms with Crippen LogP contribution in [-0.4, -0.2) is 30.4 Å². The highest BCUT2D eigenvalue weighted by Crippen LogP contribution is 2.08. The van der Waals surface area contributed by atoms with Crippen LogP contribution in [0.2, 0.25) is 0 Å². The third kappa shape index (κ3) is 3.08. The largest absolute Gasteiger partial charge is 0.352 e. The zero-order chi connectivity index (χ0) is 14.7. The number of carbonyl (C=O) groups excluding carboxylic acids is 3. The lowest BCUT2D eigenvalue weighted by Crippen LogP contribution is -2.34. The quantitative estimate of drug-likeness (QED) is 0.694. The minimum Gasteiger partial charge on any atom is -0.352 e. The first-order chi connectivity index (χ1) is 9.47. The fourth-order valence-corrected chi connectivity index (χ4v) is 1.73. The second-order valence-electron chi connectivity index (χ2n) is 4.19. The smallest absolute Gasteiger partial charge is 0.322 e. The first-order valence-electron chi connectivity index (χ1n) is 5.82. The molecule has 8 heteroatoms. The molecule has 3 N–H and O–H groups in total. The van der Waals surface area contributed by atoms with Gasteiger partial charge in [0.1, 0.15) is 6.04 Å². The molecule has 0 bridgehead atoms. The fourth-order valence-electron chi connectivity index (χ4n) is 1.73. The van der Waals surface area contributed by atoms with Crippen LogP contribution in [0.4, 0.5) is 13.6 Å². The van der Waals surface area contributed by atoms with Crippen molar-refractivity contribution >= 4 is 17.8 Å². The zero-order valence-corrected chi connectivity index (χ0v) is 10.2. The Balaban J connectivity index is 1.85. The minimum atomic E-state index is -1.11. The Labute approximate surface area is 112 Å². The number of amides is 4. The molecule has 0 saturated carbocycles. The van der Waals surface area contributed by atoms with E-state index >= 15 is 0 Å². The molecule has 4 amide bonds. The Kier molecular flexibility index (Phi) is 3.92. The van der Waals surface area contributed by atoms with E-state index in [-0.39, 0.29) is 18.5 Å². The van der Waals surface area contributed by atoms with Crippen molar-refractivity contribution in [3.05, 3.63) is 35.4 Å². The van der Waals surface area contributed by atoms with Crippen LogP contribution in [0, 0.1) is 11.6 Å². The molecule has 0 spiro atoms. The molecule has 1 fully saturated rings. The van der Waals surface area contributed by atoms with Gasteiger partial charge in [-0.3, -0.25) is 14.9 Å². The monoisotopic (exact) mass is 283 g/mol. The van der Waals surface area contributed by atoms with Gasteiger partial charge in [0.25, 0.3) is 11.8 Å². The molecule has 1 heterocycles. The van der Waals surface area contributed by atoms with Crippen LogP contribution in [-0.2, 0) is 4.79 Å². The van der Waals surface area contributed by atoms with Crippen molar-refractivity contribution in [1.82, 2.24) is 16.0 Å². The average Bonchev–Trinajstić information content (AvgIpc) is 2.71.